The molecule has 0 aliphatic carbocycles. The predicted octanol–water partition coefficient (Wildman–Crippen LogP) is 2.32. The Kier molecular flexibility index (Phi) is 9.82. The van der Waals surface area contributed by atoms with Gasteiger partial charge in [0.05, 0.1) is 13.2 Å². The lowest BCUT2D eigenvalue weighted by Crippen LogP contribution is -2.44. The number of carbonyl (C=O) groups excluding carboxylic acids is 4. The van der Waals surface area contributed by atoms with Crippen molar-refractivity contribution < 1.29 is 33.4 Å². The number of hydrogen-bond donors (Lipinski definition) is 2. The van der Waals surface area contributed by atoms with Gasteiger partial charge in [0.1, 0.15) is 23.5 Å². The van der Waals surface area contributed by atoms with E-state index in [1.54, 1.807) is 41.5 Å². The van der Waals surface area contributed by atoms with E-state index in [4.69, 9.17) is 9.47 Å². The van der Waals surface area contributed by atoms with Crippen LogP contribution in [0.1, 0.15) is 60.8 Å². The quantitative estimate of drug-likeness (QED) is 0.372. The zero-order valence-corrected chi connectivity index (χ0v) is 17.2. The van der Waals surface area contributed by atoms with E-state index in [1.807, 2.05) is 0 Å². The number of ether oxygens (including phenoxy) is 3. The zero-order chi connectivity index (χ0) is 21.3. The van der Waals surface area contributed by atoms with E-state index in [9.17, 15) is 19.2 Å². The van der Waals surface area contributed by atoms with Gasteiger partial charge in [-0.15, -0.1) is 0 Å². The lowest BCUT2D eigenvalue weighted by atomic mass is 10.1. The molecule has 2 amide bonds. The van der Waals surface area contributed by atoms with Crippen LogP contribution in [0.2, 0.25) is 0 Å². The van der Waals surface area contributed by atoms with E-state index in [1.165, 1.54) is 7.11 Å². The van der Waals surface area contributed by atoms with Gasteiger partial charge in [0.2, 0.25) is 0 Å². The molecule has 0 aromatic carbocycles. The Morgan fingerprint density at radius 2 is 1.37 bits per heavy atom. The maximum Gasteiger partial charge on any atom is 0.408 e. The van der Waals surface area contributed by atoms with Crippen molar-refractivity contribution in [3.63, 3.8) is 0 Å². The fraction of sp³-hybridized carbons (Fsp3) is 0.778. The van der Waals surface area contributed by atoms with Gasteiger partial charge in [-0.25, -0.2) is 14.4 Å². The highest BCUT2D eigenvalue weighted by atomic mass is 16.6. The van der Waals surface area contributed by atoms with Gasteiger partial charge in [-0.2, -0.15) is 0 Å². The summed E-state index contributed by atoms with van der Waals surface area (Å²) in [4.78, 5) is 46.6. The monoisotopic (exact) mass is 388 g/mol. The number of alkyl carbamates (subject to hydrolysis) is 2. The van der Waals surface area contributed by atoms with Crippen LogP contribution in [0.5, 0.6) is 0 Å². The topological polar surface area (TPSA) is 120 Å². The van der Waals surface area contributed by atoms with Crippen molar-refractivity contribution in [2.75, 3.05) is 7.11 Å². The lowest BCUT2D eigenvalue weighted by molar-refractivity contribution is -0.143. The van der Waals surface area contributed by atoms with Crippen molar-refractivity contribution in [3.8, 4) is 0 Å². The summed E-state index contributed by atoms with van der Waals surface area (Å²) >= 11 is 0. The van der Waals surface area contributed by atoms with Gasteiger partial charge < -0.3 is 29.6 Å². The van der Waals surface area contributed by atoms with Crippen molar-refractivity contribution in [1.82, 2.24) is 10.6 Å². The molecule has 0 bridgehead atoms. The van der Waals surface area contributed by atoms with E-state index in [2.05, 4.69) is 15.4 Å². The molecule has 0 aromatic rings. The molecule has 27 heavy (non-hydrogen) atoms. The SMILES string of the molecule is COC(=O)C(CCCC(C=O)NC(=O)OC(C)(C)C)NC(=O)OC(C)(C)C. The van der Waals surface area contributed by atoms with Gasteiger partial charge >= 0.3 is 18.2 Å². The van der Waals surface area contributed by atoms with Crippen LogP contribution in [0, 0.1) is 0 Å². The van der Waals surface area contributed by atoms with Gasteiger partial charge in [0, 0.05) is 0 Å². The number of esters is 1. The van der Waals surface area contributed by atoms with Gasteiger partial charge in [-0.3, -0.25) is 0 Å². The van der Waals surface area contributed by atoms with Crippen LogP contribution in [0.25, 0.3) is 0 Å². The maximum atomic E-state index is 11.9. The molecule has 9 nitrogen and oxygen atoms in total. The lowest BCUT2D eigenvalue weighted by Gasteiger charge is -2.23. The van der Waals surface area contributed by atoms with Crippen LogP contribution in [0.3, 0.4) is 0 Å². The number of aldehydes is 1. The average molecular weight is 388 g/mol. The number of methoxy groups -OCH3 is 1. The van der Waals surface area contributed by atoms with Crippen molar-refractivity contribution in [2.24, 2.45) is 0 Å². The minimum atomic E-state index is -0.918. The number of nitrogens with one attached hydrogen (secondary N) is 2. The summed E-state index contributed by atoms with van der Waals surface area (Å²) < 4.78 is 14.9. The molecule has 0 spiro atoms. The molecule has 156 valence electrons. The minimum absolute atomic E-state index is 0.215. The van der Waals surface area contributed by atoms with Gasteiger partial charge in [0.15, 0.2) is 0 Å². The van der Waals surface area contributed by atoms with E-state index in [-0.39, 0.29) is 12.8 Å². The zero-order valence-electron chi connectivity index (χ0n) is 17.2. The standard InChI is InChI=1S/C18H32N2O7/c1-17(2,3)26-15(23)19-12(11-21)9-8-10-13(14(22)25-7)20-16(24)27-18(4,5)6/h11-13H,8-10H2,1-7H3,(H,19,23)(H,20,24). The Morgan fingerprint density at radius 3 is 1.78 bits per heavy atom. The Morgan fingerprint density at radius 1 is 0.889 bits per heavy atom. The summed E-state index contributed by atoms with van der Waals surface area (Å²) in [5.74, 6) is -0.622. The van der Waals surface area contributed by atoms with Crippen LogP contribution in [-0.4, -0.2) is 54.8 Å². The van der Waals surface area contributed by atoms with Gasteiger partial charge in [-0.1, -0.05) is 0 Å². The van der Waals surface area contributed by atoms with Gasteiger partial charge in [0.25, 0.3) is 0 Å². The first-order chi connectivity index (χ1) is 12.3. The minimum Gasteiger partial charge on any atom is -0.467 e. The summed E-state index contributed by atoms with van der Waals surface area (Å²) in [7, 11) is 1.21. The van der Waals surface area contributed by atoms with E-state index in [0.29, 0.717) is 12.7 Å². The van der Waals surface area contributed by atoms with Crippen molar-refractivity contribution in [3.05, 3.63) is 0 Å². The third-order valence-corrected chi connectivity index (χ3v) is 3.05. The predicted molar refractivity (Wildman–Crippen MR) is 98.2 cm³/mol. The summed E-state index contributed by atoms with van der Waals surface area (Å²) in [6.07, 6.45) is 0.0127. The molecule has 0 aliphatic rings. The molecule has 0 aliphatic heterocycles. The molecule has 0 heterocycles. The van der Waals surface area contributed by atoms with Crippen molar-refractivity contribution >= 4 is 24.4 Å². The fourth-order valence-electron chi connectivity index (χ4n) is 2.02. The van der Waals surface area contributed by atoms with Crippen molar-refractivity contribution in [1.29, 1.82) is 0 Å². The number of amides is 2. The Hall–Kier alpha value is -2.32. The average Bonchev–Trinajstić information content (AvgIpc) is 2.48. The second-order valence-corrected chi connectivity index (χ2v) is 8.04. The fourth-order valence-corrected chi connectivity index (χ4v) is 2.02. The second kappa shape index (κ2) is 10.7. The van der Waals surface area contributed by atoms with Crippen LogP contribution < -0.4 is 10.6 Å². The maximum absolute atomic E-state index is 11.9. The Balaban J connectivity index is 4.60. The van der Waals surface area contributed by atoms with Crippen LogP contribution >= 0.6 is 0 Å². The third-order valence-electron chi connectivity index (χ3n) is 3.05. The smallest absolute Gasteiger partial charge is 0.408 e. The van der Waals surface area contributed by atoms with Crippen LogP contribution in [0.15, 0.2) is 0 Å². The van der Waals surface area contributed by atoms with Crippen LogP contribution in [-0.2, 0) is 23.8 Å². The molecular formula is C18H32N2O7. The first kappa shape index (κ1) is 24.7. The largest absolute Gasteiger partial charge is 0.467 e. The second-order valence-electron chi connectivity index (χ2n) is 8.04. The molecule has 2 unspecified atom stereocenters. The third kappa shape index (κ3) is 12.6. The molecule has 0 fully saturated rings. The molecule has 0 radical (unpaired) electrons. The first-order valence-corrected chi connectivity index (χ1v) is 8.79. The molecule has 2 atom stereocenters. The first-order valence-electron chi connectivity index (χ1n) is 8.79. The van der Waals surface area contributed by atoms with Crippen molar-refractivity contribution in [2.45, 2.75) is 84.1 Å². The van der Waals surface area contributed by atoms with E-state index >= 15 is 0 Å². The summed E-state index contributed by atoms with van der Waals surface area (Å²) in [6, 6.07) is -1.68. The Bertz CT molecular complexity index is 521. The molecule has 0 rings (SSSR count). The van der Waals surface area contributed by atoms with E-state index < -0.39 is 41.4 Å². The highest BCUT2D eigenvalue weighted by molar-refractivity contribution is 5.81. The highest BCUT2D eigenvalue weighted by Crippen LogP contribution is 2.11. The Labute approximate surface area is 160 Å². The van der Waals surface area contributed by atoms with E-state index in [0.717, 1.165) is 0 Å². The molecule has 2 N–H and O–H groups in total. The highest BCUT2D eigenvalue weighted by Gasteiger charge is 2.25. The summed E-state index contributed by atoms with van der Waals surface area (Å²) in [6.45, 7) is 10.3. The summed E-state index contributed by atoms with van der Waals surface area (Å²) in [5.41, 5.74) is -1.38. The molecule has 0 saturated heterocycles. The molecular weight excluding hydrogens is 356 g/mol. The van der Waals surface area contributed by atoms with Gasteiger partial charge in [-0.05, 0) is 60.8 Å². The number of carbonyl (C=O) groups is 4. The molecule has 0 saturated carbocycles. The molecule has 0 aromatic heterocycles. The number of hydrogen-bond acceptors (Lipinski definition) is 7. The normalized spacial score (nSPS) is 13.7. The summed E-state index contributed by atoms with van der Waals surface area (Å²) in [5, 5.41) is 4.91. The van der Waals surface area contributed by atoms with Crippen LogP contribution in [0.4, 0.5) is 9.59 Å². The molecule has 9 heteroatoms. The number of rotatable bonds is 8.